The zero-order valence-corrected chi connectivity index (χ0v) is 20.6. The number of phenolic OH excluding ortho intramolecular Hbond substituents is 2. The van der Waals surface area contributed by atoms with Gasteiger partial charge in [0.25, 0.3) is 0 Å². The van der Waals surface area contributed by atoms with Crippen molar-refractivity contribution in [1.29, 1.82) is 0 Å². The number of phenols is 2. The Morgan fingerprint density at radius 3 is 1.97 bits per heavy atom. The molecule has 0 aliphatic heterocycles. The summed E-state index contributed by atoms with van der Waals surface area (Å²) in [6.45, 7) is 6.93. The lowest BCUT2D eigenvalue weighted by molar-refractivity contribution is -0.134. The van der Waals surface area contributed by atoms with Gasteiger partial charge in [-0.25, -0.2) is 4.79 Å². The summed E-state index contributed by atoms with van der Waals surface area (Å²) >= 11 is 0. The van der Waals surface area contributed by atoms with Crippen LogP contribution < -0.4 is 4.74 Å². The first-order valence-electron chi connectivity index (χ1n) is 11.8. The molecule has 2 N–H and O–H groups in total. The van der Waals surface area contributed by atoms with E-state index < -0.39 is 57.4 Å². The number of rotatable bonds is 12. The number of aromatic hydroxyl groups is 2. The van der Waals surface area contributed by atoms with Crippen molar-refractivity contribution in [3.05, 3.63) is 52.1 Å². The lowest BCUT2D eigenvalue weighted by Gasteiger charge is -2.19. The second-order valence-electron chi connectivity index (χ2n) is 8.29. The predicted molar refractivity (Wildman–Crippen MR) is 129 cm³/mol. The highest BCUT2D eigenvalue weighted by Crippen LogP contribution is 2.46. The number of carbonyl (C=O) groups is 4. The molecule has 188 valence electrons. The van der Waals surface area contributed by atoms with Gasteiger partial charge >= 0.3 is 11.9 Å². The Labute approximate surface area is 204 Å². The van der Waals surface area contributed by atoms with Gasteiger partial charge in [0, 0.05) is 19.3 Å². The molecule has 2 aromatic carbocycles. The van der Waals surface area contributed by atoms with Gasteiger partial charge in [-0.05, 0) is 31.7 Å². The normalized spacial score (nSPS) is 10.6. The van der Waals surface area contributed by atoms with Crippen LogP contribution in [0.15, 0.2) is 24.3 Å². The van der Waals surface area contributed by atoms with Gasteiger partial charge in [0.15, 0.2) is 23.1 Å². The fourth-order valence-electron chi connectivity index (χ4n) is 3.64. The molecule has 0 amide bonds. The Hall–Kier alpha value is -3.68. The number of benzene rings is 2. The zero-order valence-electron chi connectivity index (χ0n) is 20.6. The molecule has 0 saturated carbocycles. The molecule has 0 aromatic heterocycles. The average Bonchev–Trinajstić information content (AvgIpc) is 2.80. The number of hydrogen-bond donors (Lipinski definition) is 2. The SMILES string of the molecule is CCCC(=O)Oc1c(O)c(O)c(C(=O)CCC)c(C(=O)OCc2cccc(C)c2)c1C(=O)CCC. The van der Waals surface area contributed by atoms with E-state index in [9.17, 15) is 29.4 Å². The second-order valence-corrected chi connectivity index (χ2v) is 8.29. The molecule has 2 rings (SSSR count). The summed E-state index contributed by atoms with van der Waals surface area (Å²) in [5.74, 6) is -5.61. The summed E-state index contributed by atoms with van der Waals surface area (Å²) in [6, 6.07) is 7.23. The minimum atomic E-state index is -1.05. The number of esters is 2. The van der Waals surface area contributed by atoms with Gasteiger partial charge in [0.2, 0.25) is 5.75 Å². The molecule has 0 bridgehead atoms. The van der Waals surface area contributed by atoms with Crippen molar-refractivity contribution in [3.63, 3.8) is 0 Å². The van der Waals surface area contributed by atoms with E-state index >= 15 is 0 Å². The van der Waals surface area contributed by atoms with Crippen molar-refractivity contribution >= 4 is 23.5 Å². The summed E-state index contributed by atoms with van der Waals surface area (Å²) in [4.78, 5) is 51.6. The average molecular weight is 485 g/mol. The summed E-state index contributed by atoms with van der Waals surface area (Å²) < 4.78 is 10.7. The van der Waals surface area contributed by atoms with E-state index in [0.29, 0.717) is 24.8 Å². The third-order valence-corrected chi connectivity index (χ3v) is 5.24. The van der Waals surface area contributed by atoms with Gasteiger partial charge in [-0.3, -0.25) is 14.4 Å². The molecule has 8 heteroatoms. The molecule has 0 fully saturated rings. The fourth-order valence-corrected chi connectivity index (χ4v) is 3.64. The van der Waals surface area contributed by atoms with Crippen LogP contribution >= 0.6 is 0 Å². The highest BCUT2D eigenvalue weighted by atomic mass is 16.5. The molecule has 0 aliphatic carbocycles. The molecule has 0 spiro atoms. The van der Waals surface area contributed by atoms with E-state index in [2.05, 4.69) is 0 Å². The Balaban J connectivity index is 2.74. The minimum Gasteiger partial charge on any atom is -0.504 e. The van der Waals surface area contributed by atoms with Crippen LogP contribution in [-0.2, 0) is 16.1 Å². The lowest BCUT2D eigenvalue weighted by atomic mass is 9.90. The highest BCUT2D eigenvalue weighted by Gasteiger charge is 2.36. The number of ether oxygens (including phenoxy) is 2. The van der Waals surface area contributed by atoms with Gasteiger partial charge in [-0.1, -0.05) is 50.6 Å². The van der Waals surface area contributed by atoms with E-state index in [4.69, 9.17) is 9.47 Å². The van der Waals surface area contributed by atoms with Crippen LogP contribution in [-0.4, -0.2) is 33.7 Å². The molecule has 0 radical (unpaired) electrons. The van der Waals surface area contributed by atoms with E-state index in [-0.39, 0.29) is 25.9 Å². The van der Waals surface area contributed by atoms with E-state index in [1.165, 1.54) is 0 Å². The smallest absolute Gasteiger partial charge is 0.340 e. The molecular weight excluding hydrogens is 452 g/mol. The van der Waals surface area contributed by atoms with Crippen LogP contribution in [0.5, 0.6) is 17.2 Å². The Morgan fingerprint density at radius 1 is 0.800 bits per heavy atom. The first-order valence-corrected chi connectivity index (χ1v) is 11.8. The molecule has 35 heavy (non-hydrogen) atoms. The van der Waals surface area contributed by atoms with Crippen molar-refractivity contribution in [2.45, 2.75) is 72.8 Å². The second kappa shape index (κ2) is 12.7. The van der Waals surface area contributed by atoms with Crippen LogP contribution in [0.2, 0.25) is 0 Å². The molecule has 0 saturated heterocycles. The number of aryl methyl sites for hydroxylation is 1. The summed E-state index contributed by atoms with van der Waals surface area (Å²) in [5.41, 5.74) is 0.153. The minimum absolute atomic E-state index is 0.0226. The van der Waals surface area contributed by atoms with Crippen molar-refractivity contribution in [3.8, 4) is 17.2 Å². The highest BCUT2D eigenvalue weighted by molar-refractivity contribution is 6.17. The molecule has 0 heterocycles. The van der Waals surface area contributed by atoms with Crippen LogP contribution in [0.4, 0.5) is 0 Å². The summed E-state index contributed by atoms with van der Waals surface area (Å²) in [5, 5.41) is 21.4. The number of Topliss-reactive ketones (excluding diaryl/α,β-unsaturated/α-hetero) is 2. The monoisotopic (exact) mass is 484 g/mol. The van der Waals surface area contributed by atoms with E-state index in [1.807, 2.05) is 19.1 Å². The largest absolute Gasteiger partial charge is 0.504 e. The van der Waals surface area contributed by atoms with Crippen molar-refractivity contribution in [2.75, 3.05) is 0 Å². The van der Waals surface area contributed by atoms with Crippen LogP contribution in [0.1, 0.15) is 101 Å². The maximum absolute atomic E-state index is 13.3. The van der Waals surface area contributed by atoms with Crippen LogP contribution in [0.25, 0.3) is 0 Å². The van der Waals surface area contributed by atoms with Crippen LogP contribution in [0, 0.1) is 6.92 Å². The van der Waals surface area contributed by atoms with Gasteiger partial charge in [-0.15, -0.1) is 0 Å². The summed E-state index contributed by atoms with van der Waals surface area (Å²) in [6.07, 6.45) is 1.08. The molecule has 0 unspecified atom stereocenters. The first kappa shape index (κ1) is 27.6. The Morgan fingerprint density at radius 2 is 1.40 bits per heavy atom. The van der Waals surface area contributed by atoms with Gasteiger partial charge in [0.05, 0.1) is 16.7 Å². The van der Waals surface area contributed by atoms with Crippen molar-refractivity contribution in [2.24, 2.45) is 0 Å². The van der Waals surface area contributed by atoms with Gasteiger partial charge in [0.1, 0.15) is 6.61 Å². The number of ketones is 2. The van der Waals surface area contributed by atoms with Crippen molar-refractivity contribution < 1.29 is 38.9 Å². The quantitative estimate of drug-likeness (QED) is 0.177. The molecule has 0 aliphatic rings. The third-order valence-electron chi connectivity index (χ3n) is 5.24. The topological polar surface area (TPSA) is 127 Å². The summed E-state index contributed by atoms with van der Waals surface area (Å²) in [7, 11) is 0. The number of hydrogen-bond acceptors (Lipinski definition) is 8. The van der Waals surface area contributed by atoms with Crippen LogP contribution in [0.3, 0.4) is 0 Å². The van der Waals surface area contributed by atoms with Gasteiger partial charge < -0.3 is 19.7 Å². The fraction of sp³-hybridized carbons (Fsp3) is 0.407. The molecule has 2 aromatic rings. The Kier molecular flexibility index (Phi) is 9.99. The van der Waals surface area contributed by atoms with Crippen molar-refractivity contribution in [1.82, 2.24) is 0 Å². The predicted octanol–water partition coefficient (Wildman–Crippen LogP) is 5.43. The van der Waals surface area contributed by atoms with E-state index in [0.717, 1.165) is 5.56 Å². The maximum atomic E-state index is 13.3. The first-order chi connectivity index (χ1) is 16.7. The molecule has 8 nitrogen and oxygen atoms in total. The number of carbonyl (C=O) groups excluding carboxylic acids is 4. The maximum Gasteiger partial charge on any atom is 0.340 e. The molecule has 0 atom stereocenters. The zero-order chi connectivity index (χ0) is 26.1. The van der Waals surface area contributed by atoms with E-state index in [1.54, 1.807) is 32.9 Å². The third kappa shape index (κ3) is 6.68. The van der Waals surface area contributed by atoms with Gasteiger partial charge in [-0.2, -0.15) is 0 Å². The standard InChI is InChI=1S/C27H32O8/c1-5-9-18(28)21-23(27(33)34-15-17-13-8-12-16(4)14-17)22(19(29)10-6-2)26(25(32)24(21)31)35-20(30)11-7-3/h8,12-14,31-32H,5-7,9-11,15H2,1-4H3. The lowest BCUT2D eigenvalue weighted by Crippen LogP contribution is -2.20. The molecular formula is C27H32O8. The Bertz CT molecular complexity index is 1120.